The Morgan fingerprint density at radius 2 is 1.67 bits per heavy atom. The molecule has 1 fully saturated rings. The highest BCUT2D eigenvalue weighted by Crippen LogP contribution is 2.23. The van der Waals surface area contributed by atoms with Gasteiger partial charge in [0.15, 0.2) is 0 Å². The first-order valence-corrected chi connectivity index (χ1v) is 8.66. The molecule has 0 bridgehead atoms. The Kier molecular flexibility index (Phi) is 5.48. The van der Waals surface area contributed by atoms with Crippen molar-refractivity contribution in [3.8, 4) is 0 Å². The zero-order valence-electron chi connectivity index (χ0n) is 14.7. The fraction of sp³-hybridized carbons (Fsp3) is 0.700. The van der Waals surface area contributed by atoms with E-state index in [9.17, 15) is 0 Å². The number of piperidine rings is 1. The van der Waals surface area contributed by atoms with Crippen molar-refractivity contribution < 1.29 is 0 Å². The van der Waals surface area contributed by atoms with Crippen LogP contribution in [0.2, 0.25) is 0 Å². The van der Waals surface area contributed by atoms with Crippen LogP contribution in [0, 0.1) is 11.8 Å². The van der Waals surface area contributed by atoms with Gasteiger partial charge in [-0.25, -0.2) is 0 Å². The molecule has 0 saturated carbocycles. The van der Waals surface area contributed by atoms with Crippen molar-refractivity contribution in [1.82, 2.24) is 4.90 Å². The Hall–Kier alpha value is -0.820. The third-order valence-corrected chi connectivity index (χ3v) is 4.85. The third kappa shape index (κ3) is 5.14. The average Bonchev–Trinajstić information content (AvgIpc) is 2.41. The smallest absolute Gasteiger partial charge is 0.00102 e. The number of likely N-dealkylation sites (tertiary alicyclic amines) is 1. The molecule has 1 aliphatic heterocycles. The van der Waals surface area contributed by atoms with Crippen LogP contribution in [-0.4, -0.2) is 24.5 Å². The molecular weight excluding hydrogens is 254 g/mol. The van der Waals surface area contributed by atoms with E-state index < -0.39 is 0 Å². The summed E-state index contributed by atoms with van der Waals surface area (Å²) in [6.07, 6.45) is 3.97. The minimum absolute atomic E-state index is 0.259. The highest BCUT2D eigenvalue weighted by atomic mass is 15.1. The van der Waals surface area contributed by atoms with E-state index in [1.54, 1.807) is 0 Å². The zero-order valence-corrected chi connectivity index (χ0v) is 14.7. The molecule has 0 amide bonds. The van der Waals surface area contributed by atoms with Crippen LogP contribution in [0.25, 0.3) is 0 Å². The number of hydrogen-bond acceptors (Lipinski definition) is 1. The summed E-state index contributed by atoms with van der Waals surface area (Å²) in [5, 5.41) is 0. The summed E-state index contributed by atoms with van der Waals surface area (Å²) in [7, 11) is 0. The van der Waals surface area contributed by atoms with Crippen molar-refractivity contribution in [2.24, 2.45) is 11.8 Å². The predicted octanol–water partition coefficient (Wildman–Crippen LogP) is 4.89. The van der Waals surface area contributed by atoms with E-state index >= 15 is 0 Å². The normalized spacial score (nSPS) is 19.7. The molecule has 1 saturated heterocycles. The molecule has 1 atom stereocenters. The lowest BCUT2D eigenvalue weighted by molar-refractivity contribution is 0.170. The molecule has 1 heterocycles. The third-order valence-electron chi connectivity index (χ3n) is 4.85. The second-order valence-electron chi connectivity index (χ2n) is 8.24. The van der Waals surface area contributed by atoms with Gasteiger partial charge in [-0.3, -0.25) is 0 Å². The van der Waals surface area contributed by atoms with Gasteiger partial charge in [0.25, 0.3) is 0 Å². The molecule has 0 spiro atoms. The van der Waals surface area contributed by atoms with Crippen LogP contribution >= 0.6 is 0 Å². The van der Waals surface area contributed by atoms with E-state index in [2.05, 4.69) is 63.8 Å². The van der Waals surface area contributed by atoms with Crippen molar-refractivity contribution in [2.45, 2.75) is 59.3 Å². The SMILES string of the molecule is CC1CCN(CC(C)Cc2ccc(C(C)(C)C)cc2)CC1. The Labute approximate surface area is 131 Å². The van der Waals surface area contributed by atoms with Gasteiger partial charge in [0.05, 0.1) is 0 Å². The lowest BCUT2D eigenvalue weighted by atomic mass is 9.86. The minimum atomic E-state index is 0.259. The molecule has 21 heavy (non-hydrogen) atoms. The summed E-state index contributed by atoms with van der Waals surface area (Å²) in [5.41, 5.74) is 3.18. The summed E-state index contributed by atoms with van der Waals surface area (Å²) >= 11 is 0. The fourth-order valence-electron chi connectivity index (χ4n) is 3.29. The number of hydrogen-bond donors (Lipinski definition) is 0. The van der Waals surface area contributed by atoms with Gasteiger partial charge in [-0.1, -0.05) is 58.9 Å². The highest BCUT2D eigenvalue weighted by molar-refractivity contribution is 5.27. The number of rotatable bonds is 4. The lowest BCUT2D eigenvalue weighted by Gasteiger charge is -2.32. The number of benzene rings is 1. The standard InChI is InChI=1S/C20H33N/c1-16-10-12-21(13-11-16)15-17(2)14-18-6-8-19(9-7-18)20(3,4)5/h6-9,16-17H,10-15H2,1-5H3. The van der Waals surface area contributed by atoms with Crippen LogP contribution in [0.15, 0.2) is 24.3 Å². The van der Waals surface area contributed by atoms with Gasteiger partial charge in [-0.15, -0.1) is 0 Å². The predicted molar refractivity (Wildman–Crippen MR) is 92.8 cm³/mol. The van der Waals surface area contributed by atoms with E-state index in [4.69, 9.17) is 0 Å². The van der Waals surface area contributed by atoms with E-state index in [1.165, 1.54) is 50.0 Å². The monoisotopic (exact) mass is 287 g/mol. The summed E-state index contributed by atoms with van der Waals surface area (Å²) in [6, 6.07) is 9.28. The minimum Gasteiger partial charge on any atom is -0.303 e. The van der Waals surface area contributed by atoms with E-state index in [-0.39, 0.29) is 5.41 Å². The fourth-order valence-corrected chi connectivity index (χ4v) is 3.29. The van der Waals surface area contributed by atoms with Crippen molar-refractivity contribution in [3.05, 3.63) is 35.4 Å². The molecule has 1 unspecified atom stereocenters. The van der Waals surface area contributed by atoms with Crippen molar-refractivity contribution in [3.63, 3.8) is 0 Å². The van der Waals surface area contributed by atoms with Gasteiger partial charge in [-0.05, 0) is 60.7 Å². The lowest BCUT2D eigenvalue weighted by Crippen LogP contribution is -2.36. The molecule has 2 rings (SSSR count). The van der Waals surface area contributed by atoms with Crippen LogP contribution in [0.5, 0.6) is 0 Å². The molecule has 0 N–H and O–H groups in total. The molecule has 1 aromatic rings. The van der Waals surface area contributed by atoms with E-state index in [1.807, 2.05) is 0 Å². The second kappa shape index (κ2) is 6.96. The molecular formula is C20H33N. The first-order chi connectivity index (χ1) is 9.84. The van der Waals surface area contributed by atoms with Crippen molar-refractivity contribution in [1.29, 1.82) is 0 Å². The summed E-state index contributed by atoms with van der Waals surface area (Å²) in [4.78, 5) is 2.66. The topological polar surface area (TPSA) is 3.24 Å². The molecule has 1 aromatic carbocycles. The van der Waals surface area contributed by atoms with Gasteiger partial charge in [0.1, 0.15) is 0 Å². The van der Waals surface area contributed by atoms with Crippen LogP contribution in [0.4, 0.5) is 0 Å². The van der Waals surface area contributed by atoms with Gasteiger partial charge in [0, 0.05) is 6.54 Å². The van der Waals surface area contributed by atoms with Gasteiger partial charge >= 0.3 is 0 Å². The van der Waals surface area contributed by atoms with Gasteiger partial charge < -0.3 is 4.90 Å². The van der Waals surface area contributed by atoms with Gasteiger partial charge in [-0.2, -0.15) is 0 Å². The second-order valence-corrected chi connectivity index (χ2v) is 8.24. The molecule has 0 radical (unpaired) electrons. The van der Waals surface area contributed by atoms with Crippen molar-refractivity contribution in [2.75, 3.05) is 19.6 Å². The Bertz CT molecular complexity index is 418. The zero-order chi connectivity index (χ0) is 15.5. The molecule has 0 aromatic heterocycles. The van der Waals surface area contributed by atoms with Crippen LogP contribution in [0.3, 0.4) is 0 Å². The van der Waals surface area contributed by atoms with Crippen LogP contribution in [-0.2, 0) is 11.8 Å². The Morgan fingerprint density at radius 3 is 2.19 bits per heavy atom. The molecule has 1 nitrogen and oxygen atoms in total. The molecule has 118 valence electrons. The Balaban J connectivity index is 1.83. The maximum absolute atomic E-state index is 2.66. The Morgan fingerprint density at radius 1 is 1.10 bits per heavy atom. The summed E-state index contributed by atoms with van der Waals surface area (Å²) in [5.74, 6) is 1.68. The largest absolute Gasteiger partial charge is 0.303 e. The highest BCUT2D eigenvalue weighted by Gasteiger charge is 2.18. The maximum atomic E-state index is 2.66. The average molecular weight is 287 g/mol. The summed E-state index contributed by atoms with van der Waals surface area (Å²) < 4.78 is 0. The molecule has 1 heteroatoms. The first-order valence-electron chi connectivity index (χ1n) is 8.66. The van der Waals surface area contributed by atoms with Gasteiger partial charge in [0.2, 0.25) is 0 Å². The quantitative estimate of drug-likeness (QED) is 0.761. The molecule has 0 aliphatic carbocycles. The van der Waals surface area contributed by atoms with Crippen molar-refractivity contribution >= 4 is 0 Å². The maximum Gasteiger partial charge on any atom is 0.00102 e. The first kappa shape index (κ1) is 16.5. The van der Waals surface area contributed by atoms with E-state index in [0.29, 0.717) is 0 Å². The summed E-state index contributed by atoms with van der Waals surface area (Å²) in [6.45, 7) is 15.5. The van der Waals surface area contributed by atoms with Crippen LogP contribution in [0.1, 0.15) is 58.6 Å². The molecule has 1 aliphatic rings. The van der Waals surface area contributed by atoms with Crippen LogP contribution < -0.4 is 0 Å². The number of nitrogens with zero attached hydrogens (tertiary/aromatic N) is 1. The van der Waals surface area contributed by atoms with E-state index in [0.717, 1.165) is 11.8 Å².